The summed E-state index contributed by atoms with van der Waals surface area (Å²) in [6, 6.07) is 15.4. The predicted octanol–water partition coefficient (Wildman–Crippen LogP) is 5.36. The lowest BCUT2D eigenvalue weighted by Crippen LogP contribution is -2.41. The number of nitrogens with one attached hydrogen (secondary N) is 1. The first kappa shape index (κ1) is 23.0. The van der Waals surface area contributed by atoms with Crippen LogP contribution in [0.25, 0.3) is 11.0 Å². The average Bonchev–Trinajstić information content (AvgIpc) is 3.16. The minimum absolute atomic E-state index is 0.167. The summed E-state index contributed by atoms with van der Waals surface area (Å²) in [6.07, 6.45) is 7.15. The molecule has 2 N–H and O–H groups in total. The maximum atomic E-state index is 12.9. The van der Waals surface area contributed by atoms with Crippen molar-refractivity contribution in [2.24, 2.45) is 5.92 Å². The van der Waals surface area contributed by atoms with Gasteiger partial charge in [-0.25, -0.2) is 9.78 Å². The number of carbonyl (C=O) groups excluding carboxylic acids is 1. The van der Waals surface area contributed by atoms with Crippen LogP contribution in [-0.2, 0) is 11.2 Å². The first-order valence-corrected chi connectivity index (χ1v) is 12.0. The van der Waals surface area contributed by atoms with E-state index in [4.69, 9.17) is 4.98 Å². The largest absolute Gasteiger partial charge is 0.480 e. The van der Waals surface area contributed by atoms with E-state index in [2.05, 4.69) is 22.0 Å². The van der Waals surface area contributed by atoms with Crippen LogP contribution in [0, 0.1) is 5.92 Å². The van der Waals surface area contributed by atoms with Crippen LogP contribution in [0.4, 0.5) is 0 Å². The van der Waals surface area contributed by atoms with Crippen molar-refractivity contribution in [1.29, 1.82) is 0 Å². The number of hydrogen-bond acceptors (Lipinski definition) is 3. The number of benzene rings is 2. The number of carbonyl (C=O) groups is 2. The molecule has 0 aliphatic heterocycles. The third kappa shape index (κ3) is 5.44. The molecule has 6 heteroatoms. The minimum Gasteiger partial charge on any atom is -0.480 e. The van der Waals surface area contributed by atoms with Crippen molar-refractivity contribution in [2.45, 2.75) is 70.9 Å². The Morgan fingerprint density at radius 3 is 2.48 bits per heavy atom. The number of aromatic nitrogens is 2. The summed E-state index contributed by atoms with van der Waals surface area (Å²) >= 11 is 0. The van der Waals surface area contributed by atoms with Crippen LogP contribution in [0.3, 0.4) is 0 Å². The summed E-state index contributed by atoms with van der Waals surface area (Å²) in [5.74, 6) is -0.198. The smallest absolute Gasteiger partial charge is 0.326 e. The van der Waals surface area contributed by atoms with E-state index in [1.807, 2.05) is 38.1 Å². The van der Waals surface area contributed by atoms with Crippen LogP contribution in [0.2, 0.25) is 0 Å². The molecule has 1 aromatic heterocycles. The van der Waals surface area contributed by atoms with Crippen LogP contribution in [0.1, 0.15) is 80.2 Å². The lowest BCUT2D eigenvalue weighted by atomic mass is 9.95. The van der Waals surface area contributed by atoms with Gasteiger partial charge in [0.1, 0.15) is 11.9 Å². The highest BCUT2D eigenvalue weighted by Crippen LogP contribution is 2.33. The molecule has 1 atom stereocenters. The molecule has 1 amide bonds. The monoisotopic (exact) mass is 447 g/mol. The van der Waals surface area contributed by atoms with Crippen LogP contribution >= 0.6 is 0 Å². The molecule has 1 aliphatic rings. The summed E-state index contributed by atoms with van der Waals surface area (Å²) in [6.45, 7) is 3.89. The van der Waals surface area contributed by atoms with Gasteiger partial charge in [0, 0.05) is 18.0 Å². The Morgan fingerprint density at radius 2 is 1.82 bits per heavy atom. The Hall–Kier alpha value is -3.15. The molecule has 1 heterocycles. The van der Waals surface area contributed by atoms with E-state index in [9.17, 15) is 14.7 Å². The van der Waals surface area contributed by atoms with Crippen molar-refractivity contribution in [3.8, 4) is 0 Å². The van der Waals surface area contributed by atoms with Crippen LogP contribution in [0.5, 0.6) is 0 Å². The first-order valence-electron chi connectivity index (χ1n) is 12.0. The molecule has 6 nitrogen and oxygen atoms in total. The number of fused-ring (bicyclic) bond motifs is 1. The normalized spacial score (nSPS) is 15.6. The quantitative estimate of drug-likeness (QED) is 0.487. The molecular formula is C27H33N3O3. The molecule has 0 saturated heterocycles. The van der Waals surface area contributed by atoms with Gasteiger partial charge in [-0.1, -0.05) is 63.4 Å². The lowest BCUT2D eigenvalue weighted by molar-refractivity contribution is -0.139. The standard InChI is InChI=1S/C27H33N3O3/c1-18(2)15-23(27(32)33)29-26(31)20-13-14-24-22(17-20)28-25(16-19-9-5-3-6-10-19)30(24)21-11-7-4-8-12-21/h3,5-6,9-10,13-14,17-18,21,23H,4,7-8,11-12,15-16H2,1-2H3,(H,29,31)(H,32,33)/t23-/m0/s1. The zero-order valence-electron chi connectivity index (χ0n) is 19.5. The molecule has 174 valence electrons. The van der Waals surface area contributed by atoms with Crippen molar-refractivity contribution in [3.05, 3.63) is 65.5 Å². The zero-order valence-corrected chi connectivity index (χ0v) is 19.5. The number of imidazole rings is 1. The highest BCUT2D eigenvalue weighted by atomic mass is 16.4. The Bertz CT molecular complexity index is 1110. The Labute approximate surface area is 195 Å². The molecule has 4 rings (SSSR count). The maximum absolute atomic E-state index is 12.9. The van der Waals surface area contributed by atoms with Gasteiger partial charge in [-0.15, -0.1) is 0 Å². The predicted molar refractivity (Wildman–Crippen MR) is 129 cm³/mol. The van der Waals surface area contributed by atoms with Crippen molar-refractivity contribution in [2.75, 3.05) is 0 Å². The second-order valence-corrected chi connectivity index (χ2v) is 9.55. The van der Waals surface area contributed by atoms with Gasteiger partial charge >= 0.3 is 5.97 Å². The number of hydrogen-bond donors (Lipinski definition) is 2. The second kappa shape index (κ2) is 10.2. The fourth-order valence-electron chi connectivity index (χ4n) is 4.87. The number of carboxylic acids is 1. The molecule has 3 aromatic rings. The molecule has 0 unspecified atom stereocenters. The summed E-state index contributed by atoms with van der Waals surface area (Å²) in [7, 11) is 0. The number of carboxylic acid groups (broad SMARTS) is 1. The van der Waals surface area contributed by atoms with E-state index >= 15 is 0 Å². The molecule has 1 saturated carbocycles. The van der Waals surface area contributed by atoms with Crippen LogP contribution < -0.4 is 5.32 Å². The minimum atomic E-state index is -1.01. The third-order valence-electron chi connectivity index (χ3n) is 6.48. The van der Waals surface area contributed by atoms with Gasteiger partial charge in [-0.2, -0.15) is 0 Å². The lowest BCUT2D eigenvalue weighted by Gasteiger charge is -2.25. The van der Waals surface area contributed by atoms with Crippen LogP contribution in [0.15, 0.2) is 48.5 Å². The van der Waals surface area contributed by atoms with Crippen LogP contribution in [-0.4, -0.2) is 32.6 Å². The summed E-state index contributed by atoms with van der Waals surface area (Å²) < 4.78 is 2.38. The molecule has 2 aromatic carbocycles. The average molecular weight is 448 g/mol. The Morgan fingerprint density at radius 1 is 1.09 bits per heavy atom. The molecule has 33 heavy (non-hydrogen) atoms. The van der Waals surface area contributed by atoms with Crippen molar-refractivity contribution in [3.63, 3.8) is 0 Å². The van der Waals surface area contributed by atoms with E-state index in [0.717, 1.165) is 36.1 Å². The second-order valence-electron chi connectivity index (χ2n) is 9.55. The number of nitrogens with zero attached hydrogens (tertiary/aromatic N) is 2. The van der Waals surface area contributed by atoms with Gasteiger partial charge in [-0.05, 0) is 48.9 Å². The third-order valence-corrected chi connectivity index (χ3v) is 6.48. The van der Waals surface area contributed by atoms with Crippen molar-refractivity contribution in [1.82, 2.24) is 14.9 Å². The van der Waals surface area contributed by atoms with Gasteiger partial charge in [0.05, 0.1) is 11.0 Å². The molecule has 1 aliphatic carbocycles. The highest BCUT2D eigenvalue weighted by molar-refractivity contribution is 5.99. The first-order chi connectivity index (χ1) is 15.9. The number of aliphatic carboxylic acids is 1. The highest BCUT2D eigenvalue weighted by Gasteiger charge is 2.24. The summed E-state index contributed by atoms with van der Waals surface area (Å²) in [5.41, 5.74) is 3.48. The van der Waals surface area contributed by atoms with E-state index in [1.54, 1.807) is 12.1 Å². The Kier molecular flexibility index (Phi) is 7.11. The fourth-order valence-corrected chi connectivity index (χ4v) is 4.87. The maximum Gasteiger partial charge on any atom is 0.326 e. The van der Waals surface area contributed by atoms with Gasteiger partial charge in [0.15, 0.2) is 0 Å². The van der Waals surface area contributed by atoms with E-state index in [-0.39, 0.29) is 11.8 Å². The molecule has 0 bridgehead atoms. The SMILES string of the molecule is CC(C)C[C@H](NC(=O)c1ccc2c(c1)nc(Cc1ccccc1)n2C1CCCCC1)C(=O)O. The molecule has 0 spiro atoms. The van der Waals surface area contributed by atoms with E-state index < -0.39 is 12.0 Å². The van der Waals surface area contributed by atoms with Crippen molar-refractivity contribution < 1.29 is 14.7 Å². The van der Waals surface area contributed by atoms with Gasteiger partial charge < -0.3 is 15.0 Å². The topological polar surface area (TPSA) is 84.2 Å². The van der Waals surface area contributed by atoms with E-state index in [1.165, 1.54) is 24.8 Å². The summed E-state index contributed by atoms with van der Waals surface area (Å²) in [5, 5.41) is 12.2. The zero-order chi connectivity index (χ0) is 23.4. The molecule has 1 fully saturated rings. The van der Waals surface area contributed by atoms with E-state index in [0.29, 0.717) is 18.0 Å². The van der Waals surface area contributed by atoms with Gasteiger partial charge in [0.25, 0.3) is 5.91 Å². The molecular weight excluding hydrogens is 414 g/mol. The van der Waals surface area contributed by atoms with Gasteiger partial charge in [-0.3, -0.25) is 4.79 Å². The fraction of sp³-hybridized carbons (Fsp3) is 0.444. The van der Waals surface area contributed by atoms with Gasteiger partial charge in [0.2, 0.25) is 0 Å². The molecule has 0 radical (unpaired) electrons. The number of rotatable bonds is 8. The summed E-state index contributed by atoms with van der Waals surface area (Å²) in [4.78, 5) is 29.4. The number of amides is 1. The van der Waals surface area contributed by atoms with Crippen molar-refractivity contribution >= 4 is 22.9 Å². The Balaban J connectivity index is 1.67.